The van der Waals surface area contributed by atoms with Gasteiger partial charge in [-0.1, -0.05) is 72.3 Å². The van der Waals surface area contributed by atoms with Crippen LogP contribution in [0.1, 0.15) is 22.3 Å². The van der Waals surface area contributed by atoms with E-state index in [0.717, 1.165) is 10.6 Å². The summed E-state index contributed by atoms with van der Waals surface area (Å²) in [6.07, 6.45) is 2.14. The Balaban J connectivity index is 0.000000420. The van der Waals surface area contributed by atoms with Gasteiger partial charge in [0.2, 0.25) is 5.91 Å². The fraction of sp³-hybridized carbons (Fsp3) is 0.148. The Morgan fingerprint density at radius 2 is 1.57 bits per heavy atom. The highest BCUT2D eigenvalue weighted by molar-refractivity contribution is 6.30. The van der Waals surface area contributed by atoms with E-state index in [1.807, 2.05) is 60.7 Å². The third-order valence-electron chi connectivity index (χ3n) is 5.06. The molecular formula is C27H26ClFN4O2. The van der Waals surface area contributed by atoms with Gasteiger partial charge in [-0.15, -0.1) is 0 Å². The first-order valence-corrected chi connectivity index (χ1v) is 11.4. The number of carbonyl (C=O) groups excluding carboxylic acids is 2. The standard InChI is InChI=1S/C21H21FN4O2.C6H5Cl/c22-18-9-5-4-8-16(18)20-17(21(28)24-12-10-19(23)27)14-25-26(20)13-11-15-6-2-1-3-7-15;7-6-4-2-1-3-5-6/h1-9,14H,10-13H2,(H2,23,27)(H,24,28);1-5H. The normalized spacial score (nSPS) is 10.2. The van der Waals surface area contributed by atoms with E-state index < -0.39 is 17.6 Å². The van der Waals surface area contributed by atoms with Gasteiger partial charge in [-0.3, -0.25) is 14.3 Å². The highest BCUT2D eigenvalue weighted by Crippen LogP contribution is 2.27. The zero-order chi connectivity index (χ0) is 25.0. The topological polar surface area (TPSA) is 90.0 Å². The molecule has 0 spiro atoms. The van der Waals surface area contributed by atoms with Crippen LogP contribution in [0.15, 0.2) is 91.1 Å². The molecule has 3 N–H and O–H groups in total. The number of hydrogen-bond acceptors (Lipinski definition) is 3. The molecule has 0 aliphatic heterocycles. The van der Waals surface area contributed by atoms with Crippen molar-refractivity contribution in [3.8, 4) is 11.3 Å². The maximum absolute atomic E-state index is 14.5. The third kappa shape index (κ3) is 7.79. The number of aryl methyl sites for hydroxylation is 2. The van der Waals surface area contributed by atoms with Crippen LogP contribution in [-0.2, 0) is 17.8 Å². The van der Waals surface area contributed by atoms with Gasteiger partial charge >= 0.3 is 0 Å². The van der Waals surface area contributed by atoms with Gasteiger partial charge in [-0.05, 0) is 36.2 Å². The number of aromatic nitrogens is 2. The summed E-state index contributed by atoms with van der Waals surface area (Å²) < 4.78 is 16.1. The van der Waals surface area contributed by atoms with Crippen molar-refractivity contribution in [2.24, 2.45) is 5.73 Å². The van der Waals surface area contributed by atoms with E-state index in [4.69, 9.17) is 17.3 Å². The van der Waals surface area contributed by atoms with E-state index in [1.54, 1.807) is 22.9 Å². The lowest BCUT2D eigenvalue weighted by molar-refractivity contribution is -0.117. The zero-order valence-electron chi connectivity index (χ0n) is 19.0. The van der Waals surface area contributed by atoms with Gasteiger partial charge in [-0.25, -0.2) is 4.39 Å². The molecule has 180 valence electrons. The highest BCUT2D eigenvalue weighted by atomic mass is 35.5. The smallest absolute Gasteiger partial charge is 0.255 e. The molecule has 0 aliphatic carbocycles. The summed E-state index contributed by atoms with van der Waals surface area (Å²) >= 11 is 5.54. The SMILES string of the molecule is Clc1ccccc1.NC(=O)CCNC(=O)c1cnn(CCc2ccccc2)c1-c1ccccc1F. The minimum Gasteiger partial charge on any atom is -0.370 e. The predicted octanol–water partition coefficient (Wildman–Crippen LogP) is 4.88. The molecule has 1 aromatic heterocycles. The van der Waals surface area contributed by atoms with E-state index in [-0.39, 0.29) is 18.5 Å². The van der Waals surface area contributed by atoms with Crippen LogP contribution >= 0.6 is 11.6 Å². The Labute approximate surface area is 208 Å². The molecule has 4 aromatic rings. The van der Waals surface area contributed by atoms with Crippen molar-refractivity contribution >= 4 is 23.4 Å². The zero-order valence-corrected chi connectivity index (χ0v) is 19.8. The number of nitrogens with zero attached hydrogens (tertiary/aromatic N) is 2. The predicted molar refractivity (Wildman–Crippen MR) is 135 cm³/mol. The third-order valence-corrected chi connectivity index (χ3v) is 5.31. The Morgan fingerprint density at radius 3 is 2.17 bits per heavy atom. The van der Waals surface area contributed by atoms with Crippen LogP contribution in [0.2, 0.25) is 5.02 Å². The molecule has 2 amide bonds. The fourth-order valence-corrected chi connectivity index (χ4v) is 3.49. The van der Waals surface area contributed by atoms with Crippen LogP contribution in [0.4, 0.5) is 4.39 Å². The van der Waals surface area contributed by atoms with Crippen LogP contribution in [-0.4, -0.2) is 28.1 Å². The molecule has 0 unspecified atom stereocenters. The molecule has 3 aromatic carbocycles. The second-order valence-electron chi connectivity index (χ2n) is 7.61. The second kappa shape index (κ2) is 13.1. The molecule has 6 nitrogen and oxygen atoms in total. The molecule has 8 heteroatoms. The Bertz CT molecular complexity index is 1250. The van der Waals surface area contributed by atoms with Crippen molar-refractivity contribution in [3.63, 3.8) is 0 Å². The lowest BCUT2D eigenvalue weighted by Crippen LogP contribution is -2.28. The van der Waals surface area contributed by atoms with E-state index in [9.17, 15) is 14.0 Å². The summed E-state index contributed by atoms with van der Waals surface area (Å²) in [5.41, 5.74) is 7.18. The number of hydrogen-bond donors (Lipinski definition) is 2. The lowest BCUT2D eigenvalue weighted by atomic mass is 10.1. The Kier molecular flexibility index (Phi) is 9.57. The molecular weight excluding hydrogens is 467 g/mol. The van der Waals surface area contributed by atoms with E-state index in [1.165, 1.54) is 12.3 Å². The van der Waals surface area contributed by atoms with Crippen LogP contribution in [0, 0.1) is 5.82 Å². The first-order chi connectivity index (χ1) is 17.0. The molecule has 0 fully saturated rings. The summed E-state index contributed by atoms with van der Waals surface area (Å²) in [5.74, 6) is -1.37. The first kappa shape index (κ1) is 25.6. The lowest BCUT2D eigenvalue weighted by Gasteiger charge is -2.11. The molecule has 0 saturated carbocycles. The monoisotopic (exact) mass is 492 g/mol. The summed E-state index contributed by atoms with van der Waals surface area (Å²) in [6, 6.07) is 25.6. The van der Waals surface area contributed by atoms with Crippen LogP contribution in [0.25, 0.3) is 11.3 Å². The molecule has 4 rings (SSSR count). The average molecular weight is 493 g/mol. The molecule has 0 atom stereocenters. The summed E-state index contributed by atoms with van der Waals surface area (Å²) in [5, 5.41) is 7.74. The molecule has 0 radical (unpaired) electrons. The summed E-state index contributed by atoms with van der Waals surface area (Å²) in [4.78, 5) is 23.5. The molecule has 0 saturated heterocycles. The summed E-state index contributed by atoms with van der Waals surface area (Å²) in [6.45, 7) is 0.600. The van der Waals surface area contributed by atoms with Crippen molar-refractivity contribution in [2.45, 2.75) is 19.4 Å². The van der Waals surface area contributed by atoms with Gasteiger partial charge < -0.3 is 11.1 Å². The number of nitrogens with one attached hydrogen (secondary N) is 1. The number of rotatable bonds is 8. The minimum absolute atomic E-state index is 0.0307. The van der Waals surface area contributed by atoms with E-state index in [0.29, 0.717) is 24.2 Å². The van der Waals surface area contributed by atoms with Crippen LogP contribution in [0.3, 0.4) is 0 Å². The maximum atomic E-state index is 14.5. The van der Waals surface area contributed by atoms with Crippen LogP contribution in [0.5, 0.6) is 0 Å². The van der Waals surface area contributed by atoms with Crippen molar-refractivity contribution in [1.29, 1.82) is 0 Å². The molecule has 35 heavy (non-hydrogen) atoms. The van der Waals surface area contributed by atoms with Gasteiger partial charge in [0.1, 0.15) is 5.82 Å². The van der Waals surface area contributed by atoms with Gasteiger partial charge in [0.25, 0.3) is 5.91 Å². The first-order valence-electron chi connectivity index (χ1n) is 11.1. The van der Waals surface area contributed by atoms with Crippen molar-refractivity contribution in [1.82, 2.24) is 15.1 Å². The van der Waals surface area contributed by atoms with Gasteiger partial charge in [0.15, 0.2) is 0 Å². The highest BCUT2D eigenvalue weighted by Gasteiger charge is 2.21. The Morgan fingerprint density at radius 1 is 0.943 bits per heavy atom. The number of carbonyl (C=O) groups is 2. The number of nitrogens with two attached hydrogens (primary N) is 1. The van der Waals surface area contributed by atoms with Gasteiger partial charge in [0, 0.05) is 30.1 Å². The Hall–Kier alpha value is -3.97. The average Bonchev–Trinajstić information content (AvgIpc) is 3.28. The number of benzene rings is 3. The number of amides is 2. The van der Waals surface area contributed by atoms with Crippen molar-refractivity contribution in [3.05, 3.63) is 113 Å². The van der Waals surface area contributed by atoms with Gasteiger partial charge in [-0.2, -0.15) is 5.10 Å². The van der Waals surface area contributed by atoms with Gasteiger partial charge in [0.05, 0.1) is 17.5 Å². The largest absolute Gasteiger partial charge is 0.370 e. The number of primary amides is 1. The van der Waals surface area contributed by atoms with Crippen molar-refractivity contribution in [2.75, 3.05) is 6.54 Å². The molecule has 0 bridgehead atoms. The quantitative estimate of drug-likeness (QED) is 0.367. The fourth-order valence-electron chi connectivity index (χ4n) is 3.35. The van der Waals surface area contributed by atoms with E-state index >= 15 is 0 Å². The van der Waals surface area contributed by atoms with E-state index in [2.05, 4.69) is 10.4 Å². The minimum atomic E-state index is -0.506. The second-order valence-corrected chi connectivity index (χ2v) is 8.05. The van der Waals surface area contributed by atoms with Crippen LogP contribution < -0.4 is 11.1 Å². The number of halogens is 2. The molecule has 1 heterocycles. The van der Waals surface area contributed by atoms with Crippen molar-refractivity contribution < 1.29 is 14.0 Å². The summed E-state index contributed by atoms with van der Waals surface area (Å²) in [7, 11) is 0. The molecule has 0 aliphatic rings. The maximum Gasteiger partial charge on any atom is 0.255 e.